The molecule has 18 heavy (non-hydrogen) atoms. The second-order valence-electron chi connectivity index (χ2n) is 3.80. The number of thiazole rings is 1. The molecule has 0 aliphatic carbocycles. The van der Waals surface area contributed by atoms with Gasteiger partial charge in [0, 0.05) is 18.1 Å². The van der Waals surface area contributed by atoms with Crippen molar-refractivity contribution in [1.82, 2.24) is 15.3 Å². The van der Waals surface area contributed by atoms with Crippen molar-refractivity contribution in [2.24, 2.45) is 0 Å². The van der Waals surface area contributed by atoms with Crippen LogP contribution >= 0.6 is 34.5 Å². The number of nitrogens with zero attached hydrogens (tertiary/aromatic N) is 2. The summed E-state index contributed by atoms with van der Waals surface area (Å²) in [7, 11) is 0. The number of pyridine rings is 1. The fraction of sp³-hybridized carbons (Fsp3) is 0.333. The Morgan fingerprint density at radius 3 is 2.94 bits per heavy atom. The van der Waals surface area contributed by atoms with E-state index in [0.717, 1.165) is 30.2 Å². The van der Waals surface area contributed by atoms with E-state index in [-0.39, 0.29) is 0 Å². The highest BCUT2D eigenvalue weighted by Crippen LogP contribution is 2.30. The van der Waals surface area contributed by atoms with Crippen molar-refractivity contribution in [1.29, 1.82) is 0 Å². The van der Waals surface area contributed by atoms with E-state index in [0.29, 0.717) is 15.7 Å². The summed E-state index contributed by atoms with van der Waals surface area (Å²) >= 11 is 13.5. The molecule has 2 aromatic heterocycles. The first-order chi connectivity index (χ1) is 8.70. The fourth-order valence-corrected chi connectivity index (χ4v) is 2.82. The van der Waals surface area contributed by atoms with Crippen LogP contribution in [0.2, 0.25) is 10.0 Å². The number of hydrogen-bond acceptors (Lipinski definition) is 4. The van der Waals surface area contributed by atoms with Crippen LogP contribution in [0.5, 0.6) is 0 Å². The van der Waals surface area contributed by atoms with Crippen LogP contribution in [0.25, 0.3) is 10.7 Å². The Labute approximate surface area is 120 Å². The first-order valence-electron chi connectivity index (χ1n) is 5.67. The minimum Gasteiger partial charge on any atom is -0.311 e. The van der Waals surface area contributed by atoms with Gasteiger partial charge in [0.05, 0.1) is 15.7 Å². The molecular formula is C12H13Cl2N3S. The summed E-state index contributed by atoms with van der Waals surface area (Å²) in [5.74, 6) is 0. The van der Waals surface area contributed by atoms with Gasteiger partial charge in [-0.15, -0.1) is 11.3 Å². The van der Waals surface area contributed by atoms with Crippen LogP contribution in [0.1, 0.15) is 19.0 Å². The van der Waals surface area contributed by atoms with Crippen LogP contribution in [0, 0.1) is 0 Å². The first-order valence-corrected chi connectivity index (χ1v) is 7.30. The van der Waals surface area contributed by atoms with Crippen molar-refractivity contribution in [2.45, 2.75) is 19.9 Å². The lowest BCUT2D eigenvalue weighted by Gasteiger charge is -2.00. The maximum Gasteiger partial charge on any atom is 0.143 e. The Morgan fingerprint density at radius 1 is 1.39 bits per heavy atom. The smallest absolute Gasteiger partial charge is 0.143 e. The summed E-state index contributed by atoms with van der Waals surface area (Å²) in [6, 6.07) is 1.68. The van der Waals surface area contributed by atoms with Gasteiger partial charge in [0.25, 0.3) is 0 Å². The third-order valence-corrected chi connectivity index (χ3v) is 3.69. The molecule has 0 aliphatic rings. The van der Waals surface area contributed by atoms with Crippen LogP contribution in [-0.4, -0.2) is 16.5 Å². The van der Waals surface area contributed by atoms with Crippen LogP contribution in [0.4, 0.5) is 0 Å². The highest BCUT2D eigenvalue weighted by atomic mass is 35.5. The SMILES string of the molecule is CCCNCc1csc(-c2ncc(Cl)cc2Cl)n1. The summed E-state index contributed by atoms with van der Waals surface area (Å²) in [5.41, 5.74) is 1.70. The second-order valence-corrected chi connectivity index (χ2v) is 5.51. The van der Waals surface area contributed by atoms with E-state index in [2.05, 4.69) is 22.2 Å². The van der Waals surface area contributed by atoms with Gasteiger partial charge in [-0.25, -0.2) is 4.98 Å². The Kier molecular flexibility index (Phi) is 4.95. The summed E-state index contributed by atoms with van der Waals surface area (Å²) in [6.07, 6.45) is 2.70. The normalized spacial score (nSPS) is 10.8. The second kappa shape index (κ2) is 6.48. The van der Waals surface area contributed by atoms with Crippen molar-refractivity contribution >= 4 is 34.5 Å². The molecule has 0 fully saturated rings. The summed E-state index contributed by atoms with van der Waals surface area (Å²) in [5, 5.41) is 7.22. The lowest BCUT2D eigenvalue weighted by molar-refractivity contribution is 0.667. The van der Waals surface area contributed by atoms with E-state index >= 15 is 0 Å². The van der Waals surface area contributed by atoms with Crippen molar-refractivity contribution in [3.63, 3.8) is 0 Å². The highest BCUT2D eigenvalue weighted by Gasteiger charge is 2.10. The zero-order chi connectivity index (χ0) is 13.0. The number of halogens is 2. The average molecular weight is 302 g/mol. The number of hydrogen-bond donors (Lipinski definition) is 1. The van der Waals surface area contributed by atoms with Gasteiger partial charge >= 0.3 is 0 Å². The van der Waals surface area contributed by atoms with Gasteiger partial charge in [-0.05, 0) is 19.0 Å². The quantitative estimate of drug-likeness (QED) is 0.848. The topological polar surface area (TPSA) is 37.8 Å². The van der Waals surface area contributed by atoms with Gasteiger partial charge in [0.15, 0.2) is 0 Å². The Morgan fingerprint density at radius 2 is 2.22 bits per heavy atom. The van der Waals surface area contributed by atoms with Gasteiger partial charge < -0.3 is 5.32 Å². The number of aromatic nitrogens is 2. The predicted molar refractivity (Wildman–Crippen MR) is 77.4 cm³/mol. The van der Waals surface area contributed by atoms with Crippen molar-refractivity contribution < 1.29 is 0 Å². The van der Waals surface area contributed by atoms with E-state index in [9.17, 15) is 0 Å². The third kappa shape index (κ3) is 3.42. The number of rotatable bonds is 5. The summed E-state index contributed by atoms with van der Waals surface area (Å²) in [6.45, 7) is 3.90. The van der Waals surface area contributed by atoms with Crippen LogP contribution in [0.15, 0.2) is 17.6 Å². The molecule has 0 unspecified atom stereocenters. The number of nitrogens with one attached hydrogen (secondary N) is 1. The van der Waals surface area contributed by atoms with Crippen LogP contribution in [0.3, 0.4) is 0 Å². The molecule has 0 amide bonds. The first kappa shape index (κ1) is 13.7. The highest BCUT2D eigenvalue weighted by molar-refractivity contribution is 7.13. The van der Waals surface area contributed by atoms with E-state index in [1.807, 2.05) is 5.38 Å². The van der Waals surface area contributed by atoms with E-state index in [1.54, 1.807) is 12.3 Å². The minimum absolute atomic E-state index is 0.532. The van der Waals surface area contributed by atoms with Gasteiger partial charge in [0.2, 0.25) is 0 Å². The van der Waals surface area contributed by atoms with Crippen LogP contribution < -0.4 is 5.32 Å². The molecule has 1 N–H and O–H groups in total. The Hall–Kier alpha value is -0.680. The molecule has 0 atom stereocenters. The molecule has 0 bridgehead atoms. The van der Waals surface area contributed by atoms with E-state index < -0.39 is 0 Å². The van der Waals surface area contributed by atoms with Crippen molar-refractivity contribution in [3.05, 3.63) is 33.4 Å². The Balaban J connectivity index is 2.13. The maximum atomic E-state index is 6.10. The largest absolute Gasteiger partial charge is 0.311 e. The molecule has 0 saturated carbocycles. The van der Waals surface area contributed by atoms with Gasteiger partial charge in [-0.3, -0.25) is 4.98 Å². The zero-order valence-corrected chi connectivity index (χ0v) is 12.2. The molecule has 0 saturated heterocycles. The fourth-order valence-electron chi connectivity index (χ4n) is 1.46. The third-order valence-electron chi connectivity index (χ3n) is 2.30. The molecule has 0 radical (unpaired) electrons. The van der Waals surface area contributed by atoms with Crippen molar-refractivity contribution in [2.75, 3.05) is 6.54 Å². The lowest BCUT2D eigenvalue weighted by Crippen LogP contribution is -2.13. The van der Waals surface area contributed by atoms with E-state index in [1.165, 1.54) is 11.3 Å². The van der Waals surface area contributed by atoms with E-state index in [4.69, 9.17) is 23.2 Å². The Bertz CT molecular complexity index is 528. The van der Waals surface area contributed by atoms with Crippen LogP contribution in [-0.2, 0) is 6.54 Å². The molecular weight excluding hydrogens is 289 g/mol. The maximum absolute atomic E-state index is 6.10. The molecule has 3 nitrogen and oxygen atoms in total. The molecule has 2 heterocycles. The molecule has 2 rings (SSSR count). The molecule has 2 aromatic rings. The molecule has 0 aliphatic heterocycles. The zero-order valence-electron chi connectivity index (χ0n) is 9.91. The minimum atomic E-state index is 0.532. The average Bonchev–Trinajstić information content (AvgIpc) is 2.78. The van der Waals surface area contributed by atoms with Crippen molar-refractivity contribution in [3.8, 4) is 10.7 Å². The molecule has 0 aromatic carbocycles. The molecule has 6 heteroatoms. The molecule has 96 valence electrons. The lowest BCUT2D eigenvalue weighted by atomic mass is 10.3. The predicted octanol–water partition coefficient (Wildman–Crippen LogP) is 4.01. The summed E-state index contributed by atoms with van der Waals surface area (Å²) in [4.78, 5) is 8.73. The monoisotopic (exact) mass is 301 g/mol. The van der Waals surface area contributed by atoms with Gasteiger partial charge in [0.1, 0.15) is 10.7 Å². The molecule has 0 spiro atoms. The van der Waals surface area contributed by atoms with Gasteiger partial charge in [-0.2, -0.15) is 0 Å². The summed E-state index contributed by atoms with van der Waals surface area (Å²) < 4.78 is 0. The standard InChI is InChI=1S/C12H13Cl2N3S/c1-2-3-15-6-9-7-18-12(17-9)11-10(14)4-8(13)5-16-11/h4-5,7,15H,2-3,6H2,1H3. The van der Waals surface area contributed by atoms with Gasteiger partial charge in [-0.1, -0.05) is 30.1 Å².